The number of nitrogens with two attached hydrogens (primary N) is 1. The van der Waals surface area contributed by atoms with Crippen LogP contribution < -0.4 is 10.6 Å². The van der Waals surface area contributed by atoms with Gasteiger partial charge in [0.25, 0.3) is 5.91 Å². The van der Waals surface area contributed by atoms with E-state index in [0.29, 0.717) is 5.92 Å². The number of hydrogen-bond acceptors (Lipinski definition) is 2. The van der Waals surface area contributed by atoms with Crippen molar-refractivity contribution < 1.29 is 14.5 Å². The molecule has 0 spiro atoms. The normalized spacial score (nSPS) is 25.7. The molecule has 1 atom stereocenters. The molecule has 2 saturated heterocycles. The smallest absolute Gasteiger partial charge is 0.280 e. The Balaban J connectivity index is 1.45. The maximum Gasteiger partial charge on any atom is 0.280 e. The van der Waals surface area contributed by atoms with Gasteiger partial charge in [-0.3, -0.25) is 9.59 Å². The number of hydrogen-bond donors (Lipinski definition) is 2. The van der Waals surface area contributed by atoms with Gasteiger partial charge in [0.15, 0.2) is 6.04 Å². The predicted molar refractivity (Wildman–Crippen MR) is 102 cm³/mol. The topological polar surface area (TPSA) is 67.8 Å². The van der Waals surface area contributed by atoms with Crippen LogP contribution in [-0.2, 0) is 16.0 Å². The van der Waals surface area contributed by atoms with Crippen molar-refractivity contribution in [3.05, 3.63) is 35.9 Å². The first-order valence-electron chi connectivity index (χ1n) is 10.0. The largest absolute Gasteiger partial charge is 0.369 e. The first-order valence-corrected chi connectivity index (χ1v) is 10.0. The Labute approximate surface area is 156 Å². The molecule has 2 fully saturated rings. The molecule has 1 aromatic carbocycles. The zero-order chi connectivity index (χ0) is 18.5. The molecule has 2 aliphatic rings. The summed E-state index contributed by atoms with van der Waals surface area (Å²) >= 11 is 0. The van der Waals surface area contributed by atoms with Crippen LogP contribution >= 0.6 is 0 Å². The SMILES string of the molecule is C[C@H](C(=O)N1CCC(Cc2ccccc2)CC1)[NH+]1CCC(C(N)=O)CC1. The molecule has 2 heterocycles. The van der Waals surface area contributed by atoms with E-state index in [9.17, 15) is 9.59 Å². The molecule has 0 aromatic heterocycles. The van der Waals surface area contributed by atoms with Crippen molar-refractivity contribution in [1.82, 2.24) is 4.90 Å². The number of piperidine rings is 2. The minimum absolute atomic E-state index is 0.00483. The number of benzene rings is 1. The third-order valence-electron chi connectivity index (χ3n) is 6.31. The molecule has 1 aromatic rings. The Hall–Kier alpha value is -1.88. The first-order chi connectivity index (χ1) is 12.5. The fourth-order valence-electron chi connectivity index (χ4n) is 4.46. The lowest BCUT2D eigenvalue weighted by Gasteiger charge is -2.37. The summed E-state index contributed by atoms with van der Waals surface area (Å²) in [6.07, 6.45) is 4.91. The van der Waals surface area contributed by atoms with Gasteiger partial charge < -0.3 is 15.5 Å². The summed E-state index contributed by atoms with van der Waals surface area (Å²) in [5.74, 6) is 0.754. The molecule has 3 N–H and O–H groups in total. The van der Waals surface area contributed by atoms with E-state index in [-0.39, 0.29) is 23.8 Å². The van der Waals surface area contributed by atoms with E-state index < -0.39 is 0 Å². The van der Waals surface area contributed by atoms with Gasteiger partial charge in [-0.05, 0) is 37.7 Å². The lowest BCUT2D eigenvalue weighted by molar-refractivity contribution is -0.920. The molecule has 0 aliphatic carbocycles. The quantitative estimate of drug-likeness (QED) is 0.811. The minimum Gasteiger partial charge on any atom is -0.369 e. The van der Waals surface area contributed by atoms with Gasteiger partial charge in [0.05, 0.1) is 13.1 Å². The van der Waals surface area contributed by atoms with E-state index in [4.69, 9.17) is 5.73 Å². The second-order valence-corrected chi connectivity index (χ2v) is 8.01. The van der Waals surface area contributed by atoms with Crippen LogP contribution in [0.3, 0.4) is 0 Å². The van der Waals surface area contributed by atoms with Crippen LogP contribution in [0.2, 0.25) is 0 Å². The van der Waals surface area contributed by atoms with Gasteiger partial charge in [-0.2, -0.15) is 0 Å². The average Bonchev–Trinajstić information content (AvgIpc) is 2.68. The fraction of sp³-hybridized carbons (Fsp3) is 0.619. The zero-order valence-corrected chi connectivity index (χ0v) is 15.8. The second kappa shape index (κ2) is 8.67. The molecular formula is C21H32N3O2+. The van der Waals surface area contributed by atoms with Gasteiger partial charge in [0, 0.05) is 31.8 Å². The monoisotopic (exact) mass is 358 g/mol. The Morgan fingerprint density at radius 1 is 1.12 bits per heavy atom. The molecule has 0 saturated carbocycles. The van der Waals surface area contributed by atoms with Crippen molar-refractivity contribution in [2.45, 2.75) is 45.1 Å². The summed E-state index contributed by atoms with van der Waals surface area (Å²) in [4.78, 5) is 27.6. The maximum atomic E-state index is 12.9. The summed E-state index contributed by atoms with van der Waals surface area (Å²) in [6.45, 7) is 5.52. The number of primary amides is 1. The maximum absolute atomic E-state index is 12.9. The van der Waals surface area contributed by atoms with E-state index in [0.717, 1.165) is 58.3 Å². The third kappa shape index (κ3) is 4.64. The minimum atomic E-state index is -0.191. The number of nitrogens with one attached hydrogen (secondary N) is 1. The summed E-state index contributed by atoms with van der Waals surface area (Å²) < 4.78 is 0. The summed E-state index contributed by atoms with van der Waals surface area (Å²) in [7, 11) is 0. The van der Waals surface area contributed by atoms with Crippen molar-refractivity contribution in [2.24, 2.45) is 17.6 Å². The molecule has 0 unspecified atom stereocenters. The van der Waals surface area contributed by atoms with Crippen molar-refractivity contribution in [1.29, 1.82) is 0 Å². The molecule has 0 radical (unpaired) electrons. The molecule has 5 heteroatoms. The van der Waals surface area contributed by atoms with Gasteiger partial charge in [-0.15, -0.1) is 0 Å². The van der Waals surface area contributed by atoms with E-state index in [1.165, 1.54) is 10.5 Å². The van der Waals surface area contributed by atoms with Crippen molar-refractivity contribution in [3.8, 4) is 0 Å². The number of quaternary nitrogens is 1. The van der Waals surface area contributed by atoms with Crippen LogP contribution in [0.15, 0.2) is 30.3 Å². The van der Waals surface area contributed by atoms with Gasteiger partial charge >= 0.3 is 0 Å². The lowest BCUT2D eigenvalue weighted by Crippen LogP contribution is -3.17. The number of amides is 2. The summed E-state index contributed by atoms with van der Waals surface area (Å²) in [5, 5.41) is 0. The molecule has 2 amide bonds. The molecule has 0 bridgehead atoms. The lowest BCUT2D eigenvalue weighted by atomic mass is 9.90. The van der Waals surface area contributed by atoms with Crippen LogP contribution in [0.5, 0.6) is 0 Å². The Kier molecular flexibility index (Phi) is 6.30. The zero-order valence-electron chi connectivity index (χ0n) is 15.8. The van der Waals surface area contributed by atoms with E-state index in [1.54, 1.807) is 0 Å². The second-order valence-electron chi connectivity index (χ2n) is 8.01. The van der Waals surface area contributed by atoms with Crippen molar-refractivity contribution in [2.75, 3.05) is 26.2 Å². The molecular weight excluding hydrogens is 326 g/mol. The van der Waals surface area contributed by atoms with Gasteiger partial charge in [-0.25, -0.2) is 0 Å². The van der Waals surface area contributed by atoms with Crippen LogP contribution in [-0.4, -0.2) is 48.9 Å². The number of nitrogens with zero attached hydrogens (tertiary/aromatic N) is 1. The highest BCUT2D eigenvalue weighted by atomic mass is 16.2. The summed E-state index contributed by atoms with van der Waals surface area (Å²) in [5.41, 5.74) is 6.81. The Bertz CT molecular complexity index is 603. The summed E-state index contributed by atoms with van der Waals surface area (Å²) in [6, 6.07) is 10.6. The standard InChI is InChI=1S/C21H31N3O2/c1-16(23-13-9-19(10-14-23)20(22)25)21(26)24-11-7-18(8-12-24)15-17-5-3-2-4-6-17/h2-6,16,18-19H,7-15H2,1H3,(H2,22,25)/p+1/t16-/m1/s1. The van der Waals surface area contributed by atoms with E-state index >= 15 is 0 Å². The molecule has 2 aliphatic heterocycles. The number of likely N-dealkylation sites (tertiary alicyclic amines) is 2. The Morgan fingerprint density at radius 3 is 2.31 bits per heavy atom. The first kappa shape index (κ1) is 18.9. The third-order valence-corrected chi connectivity index (χ3v) is 6.31. The van der Waals surface area contributed by atoms with Gasteiger partial charge in [-0.1, -0.05) is 30.3 Å². The van der Waals surface area contributed by atoms with Crippen LogP contribution in [0.25, 0.3) is 0 Å². The Morgan fingerprint density at radius 2 is 1.73 bits per heavy atom. The molecule has 3 rings (SSSR count). The molecule has 5 nitrogen and oxygen atoms in total. The van der Waals surface area contributed by atoms with Gasteiger partial charge in [0.1, 0.15) is 0 Å². The van der Waals surface area contributed by atoms with Crippen molar-refractivity contribution in [3.63, 3.8) is 0 Å². The van der Waals surface area contributed by atoms with Crippen LogP contribution in [0, 0.1) is 11.8 Å². The molecule has 142 valence electrons. The molecule has 26 heavy (non-hydrogen) atoms. The highest BCUT2D eigenvalue weighted by molar-refractivity contribution is 5.80. The van der Waals surface area contributed by atoms with Gasteiger partial charge in [0.2, 0.25) is 5.91 Å². The highest BCUT2D eigenvalue weighted by Gasteiger charge is 2.35. The van der Waals surface area contributed by atoms with E-state index in [2.05, 4.69) is 35.2 Å². The number of carbonyl (C=O) groups is 2. The highest BCUT2D eigenvalue weighted by Crippen LogP contribution is 2.22. The number of rotatable bonds is 5. The van der Waals surface area contributed by atoms with E-state index in [1.807, 2.05) is 6.92 Å². The average molecular weight is 359 g/mol. The fourth-order valence-corrected chi connectivity index (χ4v) is 4.46. The van der Waals surface area contributed by atoms with Crippen LogP contribution in [0.4, 0.5) is 0 Å². The predicted octanol–water partition coefficient (Wildman–Crippen LogP) is 0.636. The van der Waals surface area contributed by atoms with Crippen molar-refractivity contribution >= 4 is 11.8 Å². The number of carbonyl (C=O) groups excluding carboxylic acids is 2. The van der Waals surface area contributed by atoms with Crippen LogP contribution in [0.1, 0.15) is 38.2 Å².